The summed E-state index contributed by atoms with van der Waals surface area (Å²) in [4.78, 5) is 4.47. The zero-order valence-corrected chi connectivity index (χ0v) is 12.5. The lowest BCUT2D eigenvalue weighted by Gasteiger charge is -2.41. The van der Waals surface area contributed by atoms with Crippen molar-refractivity contribution in [3.8, 4) is 0 Å². The Morgan fingerprint density at radius 3 is 2.74 bits per heavy atom. The molecule has 1 saturated carbocycles. The maximum Gasteiger partial charge on any atom is 0.0628 e. The van der Waals surface area contributed by atoms with Crippen molar-refractivity contribution in [2.24, 2.45) is 11.3 Å². The third-order valence-electron chi connectivity index (χ3n) is 4.77. The minimum Gasteiger partial charge on any atom is -0.392 e. The van der Waals surface area contributed by atoms with E-state index in [1.165, 1.54) is 24.8 Å². The molecule has 1 aromatic rings. The first-order valence-electron chi connectivity index (χ1n) is 7.65. The van der Waals surface area contributed by atoms with Gasteiger partial charge in [0.15, 0.2) is 0 Å². The summed E-state index contributed by atoms with van der Waals surface area (Å²) in [5, 5.41) is 10.5. The van der Waals surface area contributed by atoms with Gasteiger partial charge in [-0.1, -0.05) is 39.7 Å². The lowest BCUT2D eigenvalue weighted by molar-refractivity contribution is 0.00531. The van der Waals surface area contributed by atoms with E-state index in [0.717, 1.165) is 18.5 Å². The molecule has 0 aliphatic heterocycles. The summed E-state index contributed by atoms with van der Waals surface area (Å²) < 4.78 is 0. The Morgan fingerprint density at radius 1 is 1.37 bits per heavy atom. The lowest BCUT2D eigenvalue weighted by Crippen LogP contribution is -2.38. The van der Waals surface area contributed by atoms with Crippen molar-refractivity contribution in [2.75, 3.05) is 0 Å². The van der Waals surface area contributed by atoms with Crippen molar-refractivity contribution in [1.82, 2.24) is 4.98 Å². The molecule has 1 aliphatic rings. The predicted octanol–water partition coefficient (Wildman–Crippen LogP) is 3.76. The van der Waals surface area contributed by atoms with E-state index in [2.05, 4.69) is 37.9 Å². The van der Waals surface area contributed by atoms with Crippen LogP contribution in [-0.2, 0) is 12.8 Å². The quantitative estimate of drug-likeness (QED) is 0.895. The van der Waals surface area contributed by atoms with E-state index in [1.807, 2.05) is 6.20 Å². The van der Waals surface area contributed by atoms with E-state index in [1.54, 1.807) is 0 Å². The molecule has 0 radical (unpaired) electrons. The molecule has 2 nitrogen and oxygen atoms in total. The summed E-state index contributed by atoms with van der Waals surface area (Å²) in [7, 11) is 0. The maximum absolute atomic E-state index is 10.5. The van der Waals surface area contributed by atoms with Gasteiger partial charge in [-0.15, -0.1) is 0 Å². The van der Waals surface area contributed by atoms with Gasteiger partial charge in [0.1, 0.15) is 0 Å². The maximum atomic E-state index is 10.5. The van der Waals surface area contributed by atoms with Crippen LogP contribution in [-0.4, -0.2) is 16.2 Å². The van der Waals surface area contributed by atoms with Gasteiger partial charge in [-0.2, -0.15) is 0 Å². The highest BCUT2D eigenvalue weighted by Gasteiger charge is 2.36. The first-order chi connectivity index (χ1) is 9.03. The highest BCUT2D eigenvalue weighted by Crippen LogP contribution is 2.42. The smallest absolute Gasteiger partial charge is 0.0628 e. The van der Waals surface area contributed by atoms with Gasteiger partial charge in [0.2, 0.25) is 0 Å². The van der Waals surface area contributed by atoms with E-state index in [9.17, 15) is 5.11 Å². The molecular weight excluding hydrogens is 234 g/mol. The van der Waals surface area contributed by atoms with Gasteiger partial charge in [0.25, 0.3) is 0 Å². The van der Waals surface area contributed by atoms with E-state index < -0.39 is 0 Å². The minimum absolute atomic E-state index is 0.254. The molecule has 106 valence electrons. The van der Waals surface area contributed by atoms with Gasteiger partial charge in [0, 0.05) is 18.3 Å². The van der Waals surface area contributed by atoms with Crippen LogP contribution in [0, 0.1) is 11.3 Å². The normalized spacial score (nSPS) is 24.1. The third-order valence-corrected chi connectivity index (χ3v) is 4.77. The van der Waals surface area contributed by atoms with Gasteiger partial charge in [0.05, 0.1) is 6.10 Å². The monoisotopic (exact) mass is 261 g/mol. The average Bonchev–Trinajstić information content (AvgIpc) is 2.39. The molecule has 1 fully saturated rings. The molecule has 1 aromatic heterocycles. The summed E-state index contributed by atoms with van der Waals surface area (Å²) in [5.41, 5.74) is 2.54. The molecule has 2 heteroatoms. The Kier molecular flexibility index (Phi) is 4.62. The Bertz CT molecular complexity index is 396. The first kappa shape index (κ1) is 14.5. The summed E-state index contributed by atoms with van der Waals surface area (Å²) in [6.07, 6.45) is 8.35. The Hall–Kier alpha value is -0.890. The largest absolute Gasteiger partial charge is 0.392 e. The third kappa shape index (κ3) is 3.56. The molecule has 2 atom stereocenters. The number of aliphatic hydroxyl groups is 1. The molecule has 19 heavy (non-hydrogen) atoms. The Morgan fingerprint density at radius 2 is 2.16 bits per heavy atom. The summed E-state index contributed by atoms with van der Waals surface area (Å²) in [6, 6.07) is 4.19. The molecule has 1 aliphatic carbocycles. The van der Waals surface area contributed by atoms with Crippen LogP contribution in [0.2, 0.25) is 0 Å². The summed E-state index contributed by atoms with van der Waals surface area (Å²) in [5.74, 6) is 0.411. The Balaban J connectivity index is 2.01. The molecule has 0 amide bonds. The highest BCUT2D eigenvalue weighted by molar-refractivity contribution is 5.14. The molecule has 0 spiro atoms. The molecular formula is C17H27NO. The number of aromatic nitrogens is 1. The van der Waals surface area contributed by atoms with Gasteiger partial charge in [-0.25, -0.2) is 0 Å². The number of hydrogen-bond acceptors (Lipinski definition) is 2. The fourth-order valence-electron chi connectivity index (χ4n) is 3.38. The van der Waals surface area contributed by atoms with Crippen LogP contribution in [0.25, 0.3) is 0 Å². The van der Waals surface area contributed by atoms with Crippen LogP contribution >= 0.6 is 0 Å². The number of hydrogen-bond donors (Lipinski definition) is 1. The van der Waals surface area contributed by atoms with Crippen molar-refractivity contribution in [1.29, 1.82) is 0 Å². The second-order valence-electron chi connectivity index (χ2n) is 6.62. The first-order valence-corrected chi connectivity index (χ1v) is 7.65. The van der Waals surface area contributed by atoms with Crippen LogP contribution in [0.15, 0.2) is 18.3 Å². The van der Waals surface area contributed by atoms with Crippen LogP contribution in [0.3, 0.4) is 0 Å². The minimum atomic E-state index is -0.254. The SMILES string of the molecule is CCc1ccc(CC(O)C2CCCCC2(C)C)nc1. The molecule has 0 aromatic carbocycles. The standard InChI is InChI=1S/C17H27NO/c1-4-13-8-9-14(18-12-13)11-16(19)15-7-5-6-10-17(15,2)3/h8-9,12,15-16,19H,4-7,10-11H2,1-3H3. The van der Waals surface area contributed by atoms with Gasteiger partial charge in [-0.05, 0) is 42.2 Å². The van der Waals surface area contributed by atoms with Crippen LogP contribution in [0.4, 0.5) is 0 Å². The highest BCUT2D eigenvalue weighted by atomic mass is 16.3. The van der Waals surface area contributed by atoms with E-state index >= 15 is 0 Å². The second kappa shape index (κ2) is 6.04. The molecule has 1 N–H and O–H groups in total. The topological polar surface area (TPSA) is 33.1 Å². The van der Waals surface area contributed by atoms with Crippen molar-refractivity contribution >= 4 is 0 Å². The zero-order valence-electron chi connectivity index (χ0n) is 12.5. The van der Waals surface area contributed by atoms with Gasteiger partial charge in [-0.3, -0.25) is 4.98 Å². The van der Waals surface area contributed by atoms with Crippen molar-refractivity contribution in [3.05, 3.63) is 29.6 Å². The van der Waals surface area contributed by atoms with Crippen LogP contribution in [0.5, 0.6) is 0 Å². The second-order valence-corrected chi connectivity index (χ2v) is 6.62. The number of pyridine rings is 1. The average molecular weight is 261 g/mol. The fraction of sp³-hybridized carbons (Fsp3) is 0.706. The van der Waals surface area contributed by atoms with Crippen LogP contribution < -0.4 is 0 Å². The van der Waals surface area contributed by atoms with Gasteiger partial charge >= 0.3 is 0 Å². The number of aryl methyl sites for hydroxylation is 1. The number of aliphatic hydroxyl groups excluding tert-OH is 1. The molecule has 0 bridgehead atoms. The molecule has 2 unspecified atom stereocenters. The Labute approximate surface area is 117 Å². The van der Waals surface area contributed by atoms with Crippen LogP contribution in [0.1, 0.15) is 57.7 Å². The van der Waals surface area contributed by atoms with Crippen molar-refractivity contribution in [3.63, 3.8) is 0 Å². The summed E-state index contributed by atoms with van der Waals surface area (Å²) in [6.45, 7) is 6.73. The molecule has 2 rings (SSSR count). The van der Waals surface area contributed by atoms with Gasteiger partial charge < -0.3 is 5.11 Å². The number of nitrogens with zero attached hydrogens (tertiary/aromatic N) is 1. The van der Waals surface area contributed by atoms with Crippen molar-refractivity contribution in [2.45, 2.75) is 65.4 Å². The van der Waals surface area contributed by atoms with E-state index in [0.29, 0.717) is 12.3 Å². The fourth-order valence-corrected chi connectivity index (χ4v) is 3.38. The van der Waals surface area contributed by atoms with E-state index in [4.69, 9.17) is 0 Å². The predicted molar refractivity (Wildman–Crippen MR) is 79.1 cm³/mol. The molecule has 0 saturated heterocycles. The summed E-state index contributed by atoms with van der Waals surface area (Å²) >= 11 is 0. The van der Waals surface area contributed by atoms with Crippen molar-refractivity contribution < 1.29 is 5.11 Å². The molecule has 1 heterocycles. The van der Waals surface area contributed by atoms with E-state index in [-0.39, 0.29) is 11.5 Å². The zero-order chi connectivity index (χ0) is 13.9. The lowest BCUT2D eigenvalue weighted by atomic mass is 9.66. The number of rotatable bonds is 4.